The van der Waals surface area contributed by atoms with E-state index in [1.165, 1.54) is 0 Å². The zero-order valence-corrected chi connectivity index (χ0v) is 15.4. The predicted octanol–water partition coefficient (Wildman–Crippen LogP) is 1.97. The number of para-hydroxylation sites is 1. The molecule has 0 spiro atoms. The summed E-state index contributed by atoms with van der Waals surface area (Å²) in [7, 11) is 3.68. The van der Waals surface area contributed by atoms with Crippen molar-refractivity contribution >= 4 is 33.3 Å². The quantitative estimate of drug-likeness (QED) is 0.691. The molecular weight excluding hydrogens is 346 g/mol. The number of anilines is 1. The molecule has 0 unspecified atom stereocenters. The second kappa shape index (κ2) is 7.95. The number of hydrogen-bond donors (Lipinski definition) is 2. The van der Waals surface area contributed by atoms with Crippen molar-refractivity contribution in [3.05, 3.63) is 42.1 Å². The van der Waals surface area contributed by atoms with Crippen molar-refractivity contribution < 1.29 is 4.79 Å². The van der Waals surface area contributed by atoms with Crippen molar-refractivity contribution in [2.45, 2.75) is 0 Å². The highest BCUT2D eigenvalue weighted by atomic mass is 32.1. The first kappa shape index (κ1) is 17.9. The molecule has 0 bridgehead atoms. The van der Waals surface area contributed by atoms with Crippen LogP contribution in [0.2, 0.25) is 0 Å². The third kappa shape index (κ3) is 4.36. The number of hydrogen-bond acceptors (Lipinski definition) is 6. The minimum Gasteiger partial charge on any atom is -0.383 e. The van der Waals surface area contributed by atoms with E-state index in [0.717, 1.165) is 26.4 Å². The standard InChI is InChI=1S/C19H19N5OS/c1-24(2)12-17(25)21-9-5-6-13-10-14(18(20)22-11-13)19-23-15-7-3-4-8-16(15)26-19/h3-4,7-8,10-11H,9,12H2,1-2H3,(H2,20,22)(H,21,25). The molecule has 1 amide bonds. The molecule has 2 heterocycles. The monoisotopic (exact) mass is 365 g/mol. The average molecular weight is 365 g/mol. The van der Waals surface area contributed by atoms with Crippen molar-refractivity contribution in [3.63, 3.8) is 0 Å². The number of nitrogen functional groups attached to an aromatic ring is 1. The molecule has 0 fully saturated rings. The molecule has 0 aliphatic rings. The normalized spacial score (nSPS) is 10.6. The van der Waals surface area contributed by atoms with Gasteiger partial charge in [-0.1, -0.05) is 24.0 Å². The van der Waals surface area contributed by atoms with E-state index >= 15 is 0 Å². The molecule has 3 aromatic rings. The summed E-state index contributed by atoms with van der Waals surface area (Å²) < 4.78 is 1.10. The van der Waals surface area contributed by atoms with Crippen LogP contribution in [-0.4, -0.2) is 48.0 Å². The van der Waals surface area contributed by atoms with Crippen molar-refractivity contribution in [2.75, 3.05) is 32.9 Å². The van der Waals surface area contributed by atoms with E-state index in [1.807, 2.05) is 44.4 Å². The van der Waals surface area contributed by atoms with Gasteiger partial charge in [0, 0.05) is 11.8 Å². The summed E-state index contributed by atoms with van der Waals surface area (Å²) >= 11 is 1.57. The number of nitrogens with one attached hydrogen (secondary N) is 1. The van der Waals surface area contributed by atoms with Gasteiger partial charge in [-0.2, -0.15) is 0 Å². The second-order valence-corrected chi connectivity index (χ2v) is 6.99. The molecule has 0 saturated carbocycles. The molecule has 0 aliphatic carbocycles. The zero-order valence-electron chi connectivity index (χ0n) is 14.6. The Hall–Kier alpha value is -2.95. The van der Waals surface area contributed by atoms with E-state index < -0.39 is 0 Å². The maximum atomic E-state index is 11.6. The van der Waals surface area contributed by atoms with E-state index in [-0.39, 0.29) is 12.5 Å². The third-order valence-electron chi connectivity index (χ3n) is 3.51. The summed E-state index contributed by atoms with van der Waals surface area (Å²) in [4.78, 5) is 22.2. The largest absolute Gasteiger partial charge is 0.383 e. The fourth-order valence-corrected chi connectivity index (χ4v) is 3.33. The van der Waals surface area contributed by atoms with Gasteiger partial charge in [0.2, 0.25) is 5.91 Å². The van der Waals surface area contributed by atoms with Gasteiger partial charge in [0.15, 0.2) is 0 Å². The van der Waals surface area contributed by atoms with Crippen molar-refractivity contribution in [1.29, 1.82) is 0 Å². The number of rotatable bonds is 4. The Morgan fingerprint density at radius 2 is 2.15 bits per heavy atom. The molecule has 132 valence electrons. The van der Waals surface area contributed by atoms with E-state index in [2.05, 4.69) is 27.1 Å². The summed E-state index contributed by atoms with van der Waals surface area (Å²) in [6.07, 6.45) is 1.63. The van der Waals surface area contributed by atoms with E-state index in [9.17, 15) is 4.79 Å². The topological polar surface area (TPSA) is 84.1 Å². The lowest BCUT2D eigenvalue weighted by Crippen LogP contribution is -2.33. The van der Waals surface area contributed by atoms with Gasteiger partial charge >= 0.3 is 0 Å². The SMILES string of the molecule is CN(C)CC(=O)NCC#Cc1cnc(N)c(-c2nc3ccccc3s2)c1. The van der Waals surface area contributed by atoms with Crippen molar-refractivity contribution in [2.24, 2.45) is 0 Å². The molecule has 2 aromatic heterocycles. The zero-order chi connectivity index (χ0) is 18.5. The van der Waals surface area contributed by atoms with Crippen LogP contribution in [0.5, 0.6) is 0 Å². The highest BCUT2D eigenvalue weighted by Crippen LogP contribution is 2.32. The maximum absolute atomic E-state index is 11.6. The number of aromatic nitrogens is 2. The van der Waals surface area contributed by atoms with Crippen molar-refractivity contribution in [3.8, 4) is 22.4 Å². The van der Waals surface area contributed by atoms with Gasteiger partial charge in [-0.05, 0) is 32.3 Å². The van der Waals surface area contributed by atoms with Crippen LogP contribution in [0, 0.1) is 11.8 Å². The van der Waals surface area contributed by atoms with Gasteiger partial charge in [-0.15, -0.1) is 11.3 Å². The van der Waals surface area contributed by atoms with Crippen LogP contribution in [0.15, 0.2) is 36.5 Å². The number of benzene rings is 1. The van der Waals surface area contributed by atoms with Crippen LogP contribution < -0.4 is 11.1 Å². The van der Waals surface area contributed by atoms with Crippen LogP contribution in [-0.2, 0) is 4.79 Å². The number of thiazole rings is 1. The predicted molar refractivity (Wildman–Crippen MR) is 106 cm³/mol. The third-order valence-corrected chi connectivity index (χ3v) is 4.58. The van der Waals surface area contributed by atoms with Gasteiger partial charge in [0.1, 0.15) is 10.8 Å². The number of nitrogens with zero attached hydrogens (tertiary/aromatic N) is 3. The number of carbonyl (C=O) groups excluding carboxylic acids is 1. The first-order valence-electron chi connectivity index (χ1n) is 8.04. The van der Waals surface area contributed by atoms with Crippen molar-refractivity contribution in [1.82, 2.24) is 20.2 Å². The summed E-state index contributed by atoms with van der Waals surface area (Å²) in [5.74, 6) is 6.30. The number of fused-ring (bicyclic) bond motifs is 1. The molecule has 1 aromatic carbocycles. The molecule has 0 aliphatic heterocycles. The average Bonchev–Trinajstić information content (AvgIpc) is 3.03. The minimum absolute atomic E-state index is 0.0603. The first-order valence-corrected chi connectivity index (χ1v) is 8.86. The Balaban J connectivity index is 1.76. The molecule has 3 rings (SSSR count). The molecule has 0 atom stereocenters. The van der Waals surface area contributed by atoms with Crippen LogP contribution in [0.1, 0.15) is 5.56 Å². The van der Waals surface area contributed by atoms with E-state index in [1.54, 1.807) is 22.4 Å². The van der Waals surface area contributed by atoms with Gasteiger partial charge < -0.3 is 16.0 Å². The van der Waals surface area contributed by atoms with Crippen LogP contribution in [0.3, 0.4) is 0 Å². The summed E-state index contributed by atoms with van der Waals surface area (Å²) in [6, 6.07) is 9.83. The van der Waals surface area contributed by atoms with E-state index in [0.29, 0.717) is 12.4 Å². The van der Waals surface area contributed by atoms with Crippen LogP contribution in [0.25, 0.3) is 20.8 Å². The highest BCUT2D eigenvalue weighted by molar-refractivity contribution is 7.21. The van der Waals surface area contributed by atoms with Crippen LogP contribution in [0.4, 0.5) is 5.82 Å². The molecule has 6 nitrogen and oxygen atoms in total. The first-order chi connectivity index (χ1) is 12.5. The Morgan fingerprint density at radius 3 is 2.92 bits per heavy atom. The van der Waals surface area contributed by atoms with Gasteiger partial charge in [0.25, 0.3) is 0 Å². The maximum Gasteiger partial charge on any atom is 0.234 e. The highest BCUT2D eigenvalue weighted by Gasteiger charge is 2.10. The van der Waals surface area contributed by atoms with Gasteiger partial charge in [-0.25, -0.2) is 9.97 Å². The van der Waals surface area contributed by atoms with Gasteiger partial charge in [-0.3, -0.25) is 4.79 Å². The van der Waals surface area contributed by atoms with Crippen LogP contribution >= 0.6 is 11.3 Å². The second-order valence-electron chi connectivity index (χ2n) is 5.96. The molecule has 0 radical (unpaired) electrons. The lowest BCUT2D eigenvalue weighted by atomic mass is 10.2. The smallest absolute Gasteiger partial charge is 0.234 e. The number of likely N-dealkylation sites (N-methyl/N-ethyl adjacent to an activating group) is 1. The Morgan fingerprint density at radius 1 is 1.35 bits per heavy atom. The number of nitrogens with two attached hydrogens (primary N) is 1. The summed E-state index contributed by atoms with van der Waals surface area (Å²) in [5.41, 5.74) is 8.47. The molecule has 0 saturated heterocycles. The lowest BCUT2D eigenvalue weighted by molar-refractivity contribution is -0.121. The number of carbonyl (C=O) groups is 1. The Labute approximate surface area is 156 Å². The molecular formula is C19H19N5OS. The molecule has 26 heavy (non-hydrogen) atoms. The van der Waals surface area contributed by atoms with Gasteiger partial charge in [0.05, 0.1) is 28.9 Å². The molecule has 3 N–H and O–H groups in total. The minimum atomic E-state index is -0.0603. The molecule has 7 heteroatoms. The Bertz CT molecular complexity index is 967. The Kier molecular flexibility index (Phi) is 5.46. The number of pyridine rings is 1. The summed E-state index contributed by atoms with van der Waals surface area (Å²) in [6.45, 7) is 0.625. The lowest BCUT2D eigenvalue weighted by Gasteiger charge is -2.07. The fraction of sp³-hybridized carbons (Fsp3) is 0.211. The summed E-state index contributed by atoms with van der Waals surface area (Å²) in [5, 5.41) is 3.57. The fourth-order valence-electron chi connectivity index (χ4n) is 2.33. The number of amides is 1. The van der Waals surface area contributed by atoms with E-state index in [4.69, 9.17) is 5.73 Å².